The molecule has 0 bridgehead atoms. The van der Waals surface area contributed by atoms with Gasteiger partial charge in [0.2, 0.25) is 5.91 Å². The van der Waals surface area contributed by atoms with E-state index in [1.165, 1.54) is 0 Å². The molecule has 19 heavy (non-hydrogen) atoms. The summed E-state index contributed by atoms with van der Waals surface area (Å²) < 4.78 is 5.62. The van der Waals surface area contributed by atoms with E-state index in [1.807, 2.05) is 0 Å². The number of alkyl halides is 1. The van der Waals surface area contributed by atoms with Crippen LogP contribution in [0.3, 0.4) is 0 Å². The van der Waals surface area contributed by atoms with Crippen LogP contribution in [0.5, 0.6) is 0 Å². The van der Waals surface area contributed by atoms with Crippen LogP contribution in [0.15, 0.2) is 22.7 Å². The van der Waals surface area contributed by atoms with Gasteiger partial charge in [0.05, 0.1) is 12.2 Å². The third-order valence-corrected chi connectivity index (χ3v) is 2.96. The van der Waals surface area contributed by atoms with Crippen molar-refractivity contribution in [3.63, 3.8) is 0 Å². The van der Waals surface area contributed by atoms with Crippen LogP contribution in [-0.2, 0) is 9.53 Å². The second kappa shape index (κ2) is 8.17. The van der Waals surface area contributed by atoms with Gasteiger partial charge in [0, 0.05) is 22.5 Å². The van der Waals surface area contributed by atoms with E-state index in [-0.39, 0.29) is 5.91 Å². The molecule has 4 nitrogen and oxygen atoms in total. The minimum Gasteiger partial charge on any atom is -0.462 e. The predicted octanol–water partition coefficient (Wildman–Crippen LogP) is 3.58. The fourth-order valence-corrected chi connectivity index (χ4v) is 2.07. The first kappa shape index (κ1) is 16.0. The van der Waals surface area contributed by atoms with E-state index < -0.39 is 5.97 Å². The average Bonchev–Trinajstić information content (AvgIpc) is 2.36. The van der Waals surface area contributed by atoms with Crippen molar-refractivity contribution in [2.45, 2.75) is 19.8 Å². The summed E-state index contributed by atoms with van der Waals surface area (Å²) >= 11 is 8.82. The zero-order valence-electron chi connectivity index (χ0n) is 10.5. The van der Waals surface area contributed by atoms with Crippen molar-refractivity contribution in [1.29, 1.82) is 0 Å². The van der Waals surface area contributed by atoms with Gasteiger partial charge in [-0.2, -0.15) is 0 Å². The summed E-state index contributed by atoms with van der Waals surface area (Å²) in [5.41, 5.74) is 0.945. The van der Waals surface area contributed by atoms with Crippen LogP contribution >= 0.6 is 27.5 Å². The summed E-state index contributed by atoms with van der Waals surface area (Å²) in [6.07, 6.45) is 0.969. The van der Waals surface area contributed by atoms with Gasteiger partial charge in [-0.25, -0.2) is 4.79 Å². The van der Waals surface area contributed by atoms with E-state index in [2.05, 4.69) is 21.2 Å². The highest BCUT2D eigenvalue weighted by Gasteiger charge is 2.10. The molecular formula is C13H15BrClNO3. The average molecular weight is 349 g/mol. The zero-order valence-corrected chi connectivity index (χ0v) is 12.9. The van der Waals surface area contributed by atoms with Crippen molar-refractivity contribution in [1.82, 2.24) is 0 Å². The molecule has 0 unspecified atom stereocenters. The molecule has 1 amide bonds. The molecule has 0 fully saturated rings. The summed E-state index contributed by atoms with van der Waals surface area (Å²) in [4.78, 5) is 23.2. The minimum absolute atomic E-state index is 0.131. The largest absolute Gasteiger partial charge is 0.462 e. The molecule has 1 N–H and O–H groups in total. The van der Waals surface area contributed by atoms with E-state index in [1.54, 1.807) is 25.1 Å². The SMILES string of the molecule is CCOC(=O)c1cc(Br)cc(NC(=O)CCCCl)c1. The summed E-state index contributed by atoms with van der Waals surface area (Å²) in [7, 11) is 0. The van der Waals surface area contributed by atoms with Gasteiger partial charge in [0.25, 0.3) is 0 Å². The Bertz CT molecular complexity index is 465. The van der Waals surface area contributed by atoms with Crippen molar-refractivity contribution in [3.8, 4) is 0 Å². The first-order valence-electron chi connectivity index (χ1n) is 5.90. The fraction of sp³-hybridized carbons (Fsp3) is 0.385. The van der Waals surface area contributed by atoms with E-state index in [9.17, 15) is 9.59 Å². The van der Waals surface area contributed by atoms with E-state index in [4.69, 9.17) is 16.3 Å². The zero-order chi connectivity index (χ0) is 14.3. The number of rotatable bonds is 6. The summed E-state index contributed by atoms with van der Waals surface area (Å²) in [6.45, 7) is 2.05. The number of halogens is 2. The Kier molecular flexibility index (Phi) is 6.87. The van der Waals surface area contributed by atoms with Crippen molar-refractivity contribution in [2.24, 2.45) is 0 Å². The lowest BCUT2D eigenvalue weighted by molar-refractivity contribution is -0.116. The van der Waals surface area contributed by atoms with Crippen LogP contribution in [-0.4, -0.2) is 24.4 Å². The van der Waals surface area contributed by atoms with E-state index >= 15 is 0 Å². The highest BCUT2D eigenvalue weighted by Crippen LogP contribution is 2.20. The molecule has 6 heteroatoms. The Hall–Kier alpha value is -1.07. The Balaban J connectivity index is 2.79. The second-order valence-electron chi connectivity index (χ2n) is 3.79. The number of hydrogen-bond acceptors (Lipinski definition) is 3. The molecule has 0 aromatic heterocycles. The van der Waals surface area contributed by atoms with Gasteiger partial charge >= 0.3 is 5.97 Å². The second-order valence-corrected chi connectivity index (χ2v) is 5.08. The molecule has 0 aliphatic heterocycles. The molecule has 104 valence electrons. The molecule has 0 atom stereocenters. The van der Waals surface area contributed by atoms with Gasteiger partial charge in [0.1, 0.15) is 0 Å². The Morgan fingerprint density at radius 1 is 1.37 bits per heavy atom. The summed E-state index contributed by atoms with van der Waals surface area (Å²) in [5, 5.41) is 2.72. The number of esters is 1. The smallest absolute Gasteiger partial charge is 0.338 e. The lowest BCUT2D eigenvalue weighted by Crippen LogP contribution is -2.12. The number of ether oxygens (including phenoxy) is 1. The molecule has 0 saturated carbocycles. The van der Waals surface area contributed by atoms with Crippen LogP contribution in [0.1, 0.15) is 30.1 Å². The monoisotopic (exact) mass is 347 g/mol. The van der Waals surface area contributed by atoms with Gasteiger partial charge in [-0.15, -0.1) is 11.6 Å². The fourth-order valence-electron chi connectivity index (χ4n) is 1.44. The van der Waals surface area contributed by atoms with Crippen LogP contribution in [0.4, 0.5) is 5.69 Å². The van der Waals surface area contributed by atoms with Crippen LogP contribution in [0.25, 0.3) is 0 Å². The maximum Gasteiger partial charge on any atom is 0.338 e. The van der Waals surface area contributed by atoms with Crippen molar-refractivity contribution in [2.75, 3.05) is 17.8 Å². The topological polar surface area (TPSA) is 55.4 Å². The third kappa shape index (κ3) is 5.61. The van der Waals surface area contributed by atoms with Crippen molar-refractivity contribution < 1.29 is 14.3 Å². The van der Waals surface area contributed by atoms with Crippen LogP contribution < -0.4 is 5.32 Å². The first-order chi connectivity index (χ1) is 9.06. The first-order valence-corrected chi connectivity index (χ1v) is 7.23. The third-order valence-electron chi connectivity index (χ3n) is 2.23. The predicted molar refractivity (Wildman–Crippen MR) is 78.7 cm³/mol. The number of benzene rings is 1. The van der Waals surface area contributed by atoms with Gasteiger partial charge in [-0.3, -0.25) is 4.79 Å². The highest BCUT2D eigenvalue weighted by molar-refractivity contribution is 9.10. The quantitative estimate of drug-likeness (QED) is 0.631. The molecule has 0 radical (unpaired) electrons. The number of anilines is 1. The minimum atomic E-state index is -0.417. The molecule has 1 rings (SSSR count). The standard InChI is InChI=1S/C13H15BrClNO3/c1-2-19-13(18)9-6-10(14)8-11(7-9)16-12(17)4-3-5-15/h6-8H,2-5H2,1H3,(H,16,17). The lowest BCUT2D eigenvalue weighted by atomic mass is 10.2. The number of nitrogens with one attached hydrogen (secondary N) is 1. The van der Waals surface area contributed by atoms with E-state index in [0.717, 1.165) is 0 Å². The van der Waals surface area contributed by atoms with Gasteiger partial charge in [0.15, 0.2) is 0 Å². The normalized spacial score (nSPS) is 10.1. The van der Waals surface area contributed by atoms with E-state index in [0.29, 0.717) is 41.1 Å². The number of hydrogen-bond donors (Lipinski definition) is 1. The molecule has 0 saturated heterocycles. The maximum absolute atomic E-state index is 11.6. The molecule has 0 aliphatic rings. The number of carbonyl (C=O) groups excluding carboxylic acids is 2. The molecular weight excluding hydrogens is 334 g/mol. The highest BCUT2D eigenvalue weighted by atomic mass is 79.9. The van der Waals surface area contributed by atoms with Gasteiger partial charge < -0.3 is 10.1 Å². The summed E-state index contributed by atoms with van der Waals surface area (Å²) in [6, 6.07) is 4.95. The maximum atomic E-state index is 11.6. The lowest BCUT2D eigenvalue weighted by Gasteiger charge is -2.08. The Labute approximate surface area is 125 Å². The molecule has 1 aromatic rings. The van der Waals surface area contributed by atoms with Crippen LogP contribution in [0.2, 0.25) is 0 Å². The summed E-state index contributed by atoms with van der Waals surface area (Å²) in [5.74, 6) is -0.103. The Morgan fingerprint density at radius 3 is 2.74 bits per heavy atom. The van der Waals surface area contributed by atoms with Gasteiger partial charge in [-0.1, -0.05) is 15.9 Å². The van der Waals surface area contributed by atoms with Crippen molar-refractivity contribution >= 4 is 45.1 Å². The van der Waals surface area contributed by atoms with Gasteiger partial charge in [-0.05, 0) is 31.5 Å². The number of amides is 1. The molecule has 0 aliphatic carbocycles. The van der Waals surface area contributed by atoms with Crippen LogP contribution in [0, 0.1) is 0 Å². The molecule has 1 aromatic carbocycles. The number of carbonyl (C=O) groups is 2. The van der Waals surface area contributed by atoms with Crippen molar-refractivity contribution in [3.05, 3.63) is 28.2 Å². The molecule has 0 heterocycles. The molecule has 0 spiro atoms. The Morgan fingerprint density at radius 2 is 2.11 bits per heavy atom.